The molecule has 0 spiro atoms. The first-order chi connectivity index (χ1) is 13.3. The van der Waals surface area contributed by atoms with Gasteiger partial charge in [-0.15, -0.1) is 15.3 Å². The summed E-state index contributed by atoms with van der Waals surface area (Å²) < 4.78 is 1.70. The van der Waals surface area contributed by atoms with Crippen molar-refractivity contribution in [3.05, 3.63) is 42.5 Å². The second-order valence-corrected chi connectivity index (χ2v) is 6.46. The number of pyridine rings is 1. The van der Waals surface area contributed by atoms with Crippen LogP contribution in [0.3, 0.4) is 0 Å². The molecule has 134 valence electrons. The highest BCUT2D eigenvalue weighted by molar-refractivity contribution is 5.60. The quantitative estimate of drug-likeness (QED) is 0.547. The molecule has 0 atom stereocenters. The molecule has 0 aliphatic carbocycles. The van der Waals surface area contributed by atoms with E-state index < -0.39 is 0 Å². The fourth-order valence-corrected chi connectivity index (χ4v) is 3.26. The summed E-state index contributed by atoms with van der Waals surface area (Å²) in [4.78, 5) is 19.9. The highest BCUT2D eigenvalue weighted by atomic mass is 15.4. The monoisotopic (exact) mass is 359 g/mol. The van der Waals surface area contributed by atoms with Gasteiger partial charge in [-0.05, 0) is 38.0 Å². The van der Waals surface area contributed by atoms with Gasteiger partial charge in [-0.25, -0.2) is 9.97 Å². The van der Waals surface area contributed by atoms with Crippen molar-refractivity contribution in [2.45, 2.75) is 19.8 Å². The van der Waals surface area contributed by atoms with E-state index in [0.717, 1.165) is 36.0 Å². The SMILES string of the molecule is Cc1c(-c2ccnc(N3CCCC3)n2)nnc2nc(-c3cccnc3)nn12. The Hall–Kier alpha value is -3.49. The van der Waals surface area contributed by atoms with Crippen molar-refractivity contribution in [3.63, 3.8) is 0 Å². The molecule has 0 unspecified atom stereocenters. The summed E-state index contributed by atoms with van der Waals surface area (Å²) in [5, 5.41) is 13.2. The van der Waals surface area contributed by atoms with Gasteiger partial charge < -0.3 is 4.90 Å². The maximum absolute atomic E-state index is 4.70. The maximum Gasteiger partial charge on any atom is 0.272 e. The molecule has 0 aromatic carbocycles. The summed E-state index contributed by atoms with van der Waals surface area (Å²) in [6, 6.07) is 5.62. The highest BCUT2D eigenvalue weighted by Crippen LogP contribution is 2.23. The van der Waals surface area contributed by atoms with E-state index in [9.17, 15) is 0 Å². The molecule has 9 nitrogen and oxygen atoms in total. The van der Waals surface area contributed by atoms with Crippen molar-refractivity contribution < 1.29 is 0 Å². The fraction of sp³-hybridized carbons (Fsp3) is 0.278. The Morgan fingerprint density at radius 3 is 2.70 bits per heavy atom. The van der Waals surface area contributed by atoms with Gasteiger partial charge in [0.1, 0.15) is 5.69 Å². The van der Waals surface area contributed by atoms with E-state index in [0.29, 0.717) is 17.3 Å². The van der Waals surface area contributed by atoms with Crippen LogP contribution in [0.15, 0.2) is 36.8 Å². The molecule has 1 saturated heterocycles. The van der Waals surface area contributed by atoms with Crippen LogP contribution in [0.2, 0.25) is 0 Å². The normalized spacial score (nSPS) is 14.2. The predicted octanol–water partition coefficient (Wildman–Crippen LogP) is 1.95. The Kier molecular flexibility index (Phi) is 3.70. The van der Waals surface area contributed by atoms with Crippen molar-refractivity contribution in [2.24, 2.45) is 0 Å². The van der Waals surface area contributed by atoms with Gasteiger partial charge in [0.15, 0.2) is 5.82 Å². The molecule has 4 aromatic rings. The van der Waals surface area contributed by atoms with Crippen molar-refractivity contribution in [2.75, 3.05) is 18.0 Å². The lowest BCUT2D eigenvalue weighted by Crippen LogP contribution is -2.20. The molecule has 5 heterocycles. The molecule has 0 saturated carbocycles. The minimum absolute atomic E-state index is 0.448. The lowest BCUT2D eigenvalue weighted by Gasteiger charge is -2.15. The largest absolute Gasteiger partial charge is 0.341 e. The van der Waals surface area contributed by atoms with Gasteiger partial charge in [0, 0.05) is 37.2 Å². The zero-order valence-electron chi connectivity index (χ0n) is 14.8. The Morgan fingerprint density at radius 2 is 1.89 bits per heavy atom. The summed E-state index contributed by atoms with van der Waals surface area (Å²) in [7, 11) is 0. The zero-order valence-corrected chi connectivity index (χ0v) is 14.8. The van der Waals surface area contributed by atoms with Crippen molar-refractivity contribution in [1.82, 2.24) is 39.7 Å². The first-order valence-corrected chi connectivity index (χ1v) is 8.88. The fourth-order valence-electron chi connectivity index (χ4n) is 3.26. The van der Waals surface area contributed by atoms with Crippen LogP contribution in [-0.2, 0) is 0 Å². The van der Waals surface area contributed by atoms with Crippen LogP contribution in [0, 0.1) is 6.92 Å². The second-order valence-electron chi connectivity index (χ2n) is 6.46. The number of aryl methyl sites for hydroxylation is 1. The van der Waals surface area contributed by atoms with Crippen LogP contribution < -0.4 is 4.90 Å². The first-order valence-electron chi connectivity index (χ1n) is 8.88. The van der Waals surface area contributed by atoms with E-state index in [2.05, 4.69) is 35.1 Å². The van der Waals surface area contributed by atoms with Crippen molar-refractivity contribution in [1.29, 1.82) is 0 Å². The average molecular weight is 359 g/mol. The van der Waals surface area contributed by atoms with Gasteiger partial charge in [-0.3, -0.25) is 4.98 Å². The minimum Gasteiger partial charge on any atom is -0.341 e. The standard InChI is InChI=1S/C18H17N9/c1-12-15(14-6-8-20-17(21-14)26-9-2-3-10-26)23-24-18-22-16(25-27(12)18)13-5-4-7-19-11-13/h4-8,11H,2-3,9-10H2,1H3. The molecule has 1 aliphatic heterocycles. The third-order valence-corrected chi connectivity index (χ3v) is 4.68. The van der Waals surface area contributed by atoms with Crippen LogP contribution in [0.25, 0.3) is 28.6 Å². The van der Waals surface area contributed by atoms with E-state index in [1.807, 2.05) is 25.1 Å². The molecule has 1 fully saturated rings. The molecule has 0 bridgehead atoms. The van der Waals surface area contributed by atoms with E-state index in [-0.39, 0.29) is 0 Å². The highest BCUT2D eigenvalue weighted by Gasteiger charge is 2.18. The van der Waals surface area contributed by atoms with Crippen molar-refractivity contribution in [3.8, 4) is 22.8 Å². The topological polar surface area (TPSA) is 97.9 Å². The van der Waals surface area contributed by atoms with Crippen LogP contribution in [0.4, 0.5) is 5.95 Å². The maximum atomic E-state index is 4.70. The van der Waals surface area contributed by atoms with Gasteiger partial charge in [-0.1, -0.05) is 0 Å². The Bertz CT molecular complexity index is 1100. The third-order valence-electron chi connectivity index (χ3n) is 4.68. The van der Waals surface area contributed by atoms with E-state index in [4.69, 9.17) is 4.98 Å². The number of fused-ring (bicyclic) bond motifs is 1. The van der Waals surface area contributed by atoms with Crippen LogP contribution in [-0.4, -0.2) is 52.8 Å². The minimum atomic E-state index is 0.448. The van der Waals surface area contributed by atoms with E-state index in [1.165, 1.54) is 12.8 Å². The number of aromatic nitrogens is 8. The van der Waals surface area contributed by atoms with Gasteiger partial charge in [0.05, 0.1) is 11.4 Å². The van der Waals surface area contributed by atoms with Gasteiger partial charge in [-0.2, -0.15) is 9.50 Å². The second kappa shape index (κ2) is 6.35. The number of hydrogen-bond acceptors (Lipinski definition) is 8. The summed E-state index contributed by atoms with van der Waals surface area (Å²) in [5.41, 5.74) is 3.07. The number of anilines is 1. The molecule has 27 heavy (non-hydrogen) atoms. The summed E-state index contributed by atoms with van der Waals surface area (Å²) in [6.45, 7) is 3.92. The number of hydrogen-bond donors (Lipinski definition) is 0. The Morgan fingerprint density at radius 1 is 1.00 bits per heavy atom. The molecule has 0 radical (unpaired) electrons. The van der Waals surface area contributed by atoms with Gasteiger partial charge in [0.2, 0.25) is 5.95 Å². The first kappa shape index (κ1) is 15.7. The predicted molar refractivity (Wildman–Crippen MR) is 99.0 cm³/mol. The Balaban J connectivity index is 1.58. The lowest BCUT2D eigenvalue weighted by atomic mass is 10.2. The molecule has 4 aromatic heterocycles. The molecule has 0 N–H and O–H groups in total. The zero-order chi connectivity index (χ0) is 18.2. The molecule has 9 heteroatoms. The molecule has 5 rings (SSSR count). The molecule has 1 aliphatic rings. The van der Waals surface area contributed by atoms with Crippen LogP contribution in [0.5, 0.6) is 0 Å². The molecule has 0 amide bonds. The summed E-state index contributed by atoms with van der Waals surface area (Å²) in [6.07, 6.45) is 7.56. The van der Waals surface area contributed by atoms with Crippen LogP contribution >= 0.6 is 0 Å². The molecular formula is C18H17N9. The van der Waals surface area contributed by atoms with Gasteiger partial charge in [0.25, 0.3) is 5.78 Å². The summed E-state index contributed by atoms with van der Waals surface area (Å²) in [5.74, 6) is 1.75. The lowest BCUT2D eigenvalue weighted by molar-refractivity contribution is 0.847. The van der Waals surface area contributed by atoms with E-state index >= 15 is 0 Å². The molecular weight excluding hydrogens is 342 g/mol. The summed E-state index contributed by atoms with van der Waals surface area (Å²) >= 11 is 0. The van der Waals surface area contributed by atoms with E-state index in [1.54, 1.807) is 23.1 Å². The number of rotatable bonds is 3. The smallest absolute Gasteiger partial charge is 0.272 e. The van der Waals surface area contributed by atoms with Crippen LogP contribution in [0.1, 0.15) is 18.5 Å². The van der Waals surface area contributed by atoms with Crippen molar-refractivity contribution >= 4 is 11.7 Å². The average Bonchev–Trinajstić information content (AvgIpc) is 3.40. The number of nitrogens with zero attached hydrogens (tertiary/aromatic N) is 9. The third kappa shape index (κ3) is 2.77. The Labute approximate surface area is 155 Å². The van der Waals surface area contributed by atoms with Gasteiger partial charge >= 0.3 is 0 Å².